The molecule has 2 heterocycles. The zero-order valence-electron chi connectivity index (χ0n) is 12.6. The van der Waals surface area contributed by atoms with Crippen LogP contribution in [0, 0.1) is 0 Å². The van der Waals surface area contributed by atoms with Crippen LogP contribution in [0.25, 0.3) is 0 Å². The molecule has 4 heteroatoms. The number of hydrogen-bond acceptors (Lipinski definition) is 4. The second-order valence-electron chi connectivity index (χ2n) is 5.90. The predicted molar refractivity (Wildman–Crippen MR) is 79.6 cm³/mol. The Bertz CT molecular complexity index is 225. The lowest BCUT2D eigenvalue weighted by molar-refractivity contribution is 0.0327. The molecular formula is C15H31N3O. The summed E-state index contributed by atoms with van der Waals surface area (Å²) in [7, 11) is 0. The van der Waals surface area contributed by atoms with Crippen molar-refractivity contribution in [3.63, 3.8) is 0 Å². The van der Waals surface area contributed by atoms with Gasteiger partial charge in [-0.05, 0) is 32.4 Å². The highest BCUT2D eigenvalue weighted by Crippen LogP contribution is 2.09. The molecule has 0 aromatic carbocycles. The van der Waals surface area contributed by atoms with E-state index >= 15 is 0 Å². The van der Waals surface area contributed by atoms with Gasteiger partial charge in [-0.1, -0.05) is 13.3 Å². The molecule has 112 valence electrons. The van der Waals surface area contributed by atoms with Gasteiger partial charge in [-0.2, -0.15) is 0 Å². The van der Waals surface area contributed by atoms with Crippen LogP contribution >= 0.6 is 0 Å². The van der Waals surface area contributed by atoms with Crippen molar-refractivity contribution in [1.29, 1.82) is 0 Å². The molecule has 0 saturated carbocycles. The van der Waals surface area contributed by atoms with Crippen molar-refractivity contribution in [2.45, 2.75) is 38.6 Å². The van der Waals surface area contributed by atoms with Crippen molar-refractivity contribution in [3.05, 3.63) is 0 Å². The molecule has 19 heavy (non-hydrogen) atoms. The van der Waals surface area contributed by atoms with E-state index in [4.69, 9.17) is 4.74 Å². The van der Waals surface area contributed by atoms with Gasteiger partial charge in [0.15, 0.2) is 0 Å². The first-order valence-electron chi connectivity index (χ1n) is 8.14. The van der Waals surface area contributed by atoms with Crippen LogP contribution in [0.3, 0.4) is 0 Å². The van der Waals surface area contributed by atoms with Gasteiger partial charge in [0.25, 0.3) is 0 Å². The minimum Gasteiger partial charge on any atom is -0.379 e. The first kappa shape index (κ1) is 15.2. The Morgan fingerprint density at radius 1 is 1.21 bits per heavy atom. The lowest BCUT2D eigenvalue weighted by atomic mass is 10.0. The van der Waals surface area contributed by atoms with Crippen molar-refractivity contribution >= 4 is 0 Å². The summed E-state index contributed by atoms with van der Waals surface area (Å²) in [6, 6.07) is 0.727. The summed E-state index contributed by atoms with van der Waals surface area (Å²) in [5, 5.41) is 3.67. The lowest BCUT2D eigenvalue weighted by Crippen LogP contribution is -2.47. The summed E-state index contributed by atoms with van der Waals surface area (Å²) < 4.78 is 5.41. The van der Waals surface area contributed by atoms with Crippen molar-refractivity contribution in [3.8, 4) is 0 Å². The van der Waals surface area contributed by atoms with Crippen LogP contribution in [0.1, 0.15) is 32.6 Å². The van der Waals surface area contributed by atoms with E-state index in [2.05, 4.69) is 22.0 Å². The molecule has 2 fully saturated rings. The van der Waals surface area contributed by atoms with Crippen LogP contribution in [-0.2, 0) is 4.74 Å². The molecule has 2 aliphatic rings. The van der Waals surface area contributed by atoms with Gasteiger partial charge < -0.3 is 15.0 Å². The number of nitrogens with zero attached hydrogens (tertiary/aromatic N) is 2. The minimum atomic E-state index is 0.727. The van der Waals surface area contributed by atoms with Gasteiger partial charge in [0.2, 0.25) is 0 Å². The SMILES string of the molecule is CCCN(CCN1CCOCC1)CC1CCCCN1. The fourth-order valence-electron chi connectivity index (χ4n) is 3.11. The predicted octanol–water partition coefficient (Wildman–Crippen LogP) is 1.17. The molecule has 0 aromatic heterocycles. The Balaban J connectivity index is 1.68. The Morgan fingerprint density at radius 2 is 2.05 bits per heavy atom. The van der Waals surface area contributed by atoms with E-state index in [9.17, 15) is 0 Å². The normalized spacial score (nSPS) is 25.9. The largest absolute Gasteiger partial charge is 0.379 e. The highest BCUT2D eigenvalue weighted by Gasteiger charge is 2.17. The van der Waals surface area contributed by atoms with Crippen molar-refractivity contribution < 1.29 is 4.74 Å². The van der Waals surface area contributed by atoms with Gasteiger partial charge in [0.05, 0.1) is 13.2 Å². The van der Waals surface area contributed by atoms with E-state index in [1.54, 1.807) is 0 Å². The van der Waals surface area contributed by atoms with Crippen molar-refractivity contribution in [2.75, 3.05) is 59.0 Å². The molecule has 2 aliphatic heterocycles. The molecule has 0 amide bonds. The molecule has 1 N–H and O–H groups in total. The maximum Gasteiger partial charge on any atom is 0.0594 e. The lowest BCUT2D eigenvalue weighted by Gasteiger charge is -2.33. The van der Waals surface area contributed by atoms with Gasteiger partial charge in [0.1, 0.15) is 0 Å². The van der Waals surface area contributed by atoms with E-state index in [0.29, 0.717) is 0 Å². The fraction of sp³-hybridized carbons (Fsp3) is 1.00. The van der Waals surface area contributed by atoms with E-state index in [1.807, 2.05) is 0 Å². The van der Waals surface area contributed by atoms with Gasteiger partial charge >= 0.3 is 0 Å². The quantitative estimate of drug-likeness (QED) is 0.751. The average molecular weight is 269 g/mol. The third-order valence-electron chi connectivity index (χ3n) is 4.27. The molecule has 0 aliphatic carbocycles. The first-order valence-corrected chi connectivity index (χ1v) is 8.14. The Morgan fingerprint density at radius 3 is 2.74 bits per heavy atom. The van der Waals surface area contributed by atoms with Crippen LogP contribution in [0.5, 0.6) is 0 Å². The molecule has 0 radical (unpaired) electrons. The van der Waals surface area contributed by atoms with Gasteiger partial charge in [0, 0.05) is 38.8 Å². The van der Waals surface area contributed by atoms with Crippen LogP contribution in [0.2, 0.25) is 0 Å². The fourth-order valence-corrected chi connectivity index (χ4v) is 3.11. The number of piperidine rings is 1. The molecule has 2 saturated heterocycles. The van der Waals surface area contributed by atoms with Crippen molar-refractivity contribution in [2.24, 2.45) is 0 Å². The molecular weight excluding hydrogens is 238 g/mol. The first-order chi connectivity index (χ1) is 9.38. The van der Waals surface area contributed by atoms with Crippen LogP contribution in [0.4, 0.5) is 0 Å². The molecule has 1 atom stereocenters. The summed E-state index contributed by atoms with van der Waals surface area (Å²) in [5.41, 5.74) is 0. The number of ether oxygens (including phenoxy) is 1. The summed E-state index contributed by atoms with van der Waals surface area (Å²) in [6.07, 6.45) is 5.38. The monoisotopic (exact) mass is 269 g/mol. The summed E-state index contributed by atoms with van der Waals surface area (Å²) in [5.74, 6) is 0. The van der Waals surface area contributed by atoms with E-state index in [1.165, 1.54) is 58.4 Å². The van der Waals surface area contributed by atoms with E-state index in [0.717, 1.165) is 32.3 Å². The molecule has 4 nitrogen and oxygen atoms in total. The second kappa shape index (κ2) is 8.90. The Hall–Kier alpha value is -0.160. The van der Waals surface area contributed by atoms with Gasteiger partial charge in [-0.3, -0.25) is 4.90 Å². The molecule has 0 aromatic rings. The minimum absolute atomic E-state index is 0.727. The topological polar surface area (TPSA) is 27.7 Å². The molecule has 1 unspecified atom stereocenters. The van der Waals surface area contributed by atoms with Gasteiger partial charge in [-0.15, -0.1) is 0 Å². The number of morpholine rings is 1. The highest BCUT2D eigenvalue weighted by atomic mass is 16.5. The van der Waals surface area contributed by atoms with E-state index in [-0.39, 0.29) is 0 Å². The van der Waals surface area contributed by atoms with Crippen molar-refractivity contribution in [1.82, 2.24) is 15.1 Å². The molecule has 2 rings (SSSR count). The Kier molecular flexibility index (Phi) is 7.14. The molecule has 0 bridgehead atoms. The summed E-state index contributed by atoms with van der Waals surface area (Å²) in [6.45, 7) is 12.5. The highest BCUT2D eigenvalue weighted by molar-refractivity contribution is 4.77. The van der Waals surface area contributed by atoms with Crippen LogP contribution in [-0.4, -0.2) is 74.9 Å². The third kappa shape index (κ3) is 5.78. The number of rotatable bonds is 7. The zero-order chi connectivity index (χ0) is 13.3. The van der Waals surface area contributed by atoms with Crippen LogP contribution in [0.15, 0.2) is 0 Å². The van der Waals surface area contributed by atoms with Gasteiger partial charge in [-0.25, -0.2) is 0 Å². The third-order valence-corrected chi connectivity index (χ3v) is 4.27. The maximum atomic E-state index is 5.41. The average Bonchev–Trinajstić information content (AvgIpc) is 2.47. The summed E-state index contributed by atoms with van der Waals surface area (Å²) in [4.78, 5) is 5.19. The Labute approximate surface area is 118 Å². The van der Waals surface area contributed by atoms with Crippen LogP contribution < -0.4 is 5.32 Å². The van der Waals surface area contributed by atoms with E-state index < -0.39 is 0 Å². The maximum absolute atomic E-state index is 5.41. The smallest absolute Gasteiger partial charge is 0.0594 e. The molecule has 0 spiro atoms. The second-order valence-corrected chi connectivity index (χ2v) is 5.90. The number of hydrogen-bond donors (Lipinski definition) is 1. The standard InChI is InChI=1S/C15H31N3O/c1-2-7-18(14-15-5-3-4-6-16-15)9-8-17-10-12-19-13-11-17/h15-16H,2-14H2,1H3. The zero-order valence-corrected chi connectivity index (χ0v) is 12.6. The number of nitrogens with one attached hydrogen (secondary N) is 1. The summed E-state index contributed by atoms with van der Waals surface area (Å²) >= 11 is 0.